The van der Waals surface area contributed by atoms with Gasteiger partial charge in [0.25, 0.3) is 0 Å². The summed E-state index contributed by atoms with van der Waals surface area (Å²) in [6.07, 6.45) is 7.74. The second kappa shape index (κ2) is 2.57. The average molecular weight is 232 g/mol. The first-order valence-electron chi connectivity index (χ1n) is 7.43. The van der Waals surface area contributed by atoms with Crippen molar-refractivity contribution in [3.63, 3.8) is 0 Å². The Kier molecular flexibility index (Phi) is 1.42. The predicted molar refractivity (Wildman–Crippen MR) is 62.2 cm³/mol. The molecule has 4 atom stereocenters. The number of rotatable bonds is 1. The Labute approximate surface area is 102 Å². The summed E-state index contributed by atoms with van der Waals surface area (Å²) in [5.41, 5.74) is -0.260. The second-order valence-corrected chi connectivity index (χ2v) is 7.66. The molecule has 8 bridgehead atoms. The third-order valence-electron chi connectivity index (χ3n) is 7.47. The van der Waals surface area contributed by atoms with Crippen LogP contribution < -0.4 is 0 Å². The molecule has 0 saturated heterocycles. The molecule has 4 unspecified atom stereocenters. The highest BCUT2D eigenvalue weighted by atomic mass is 16.4. The molecule has 7 rings (SSSR count). The number of carboxylic acid groups (broad SMARTS) is 1. The summed E-state index contributed by atoms with van der Waals surface area (Å²) in [7, 11) is 0. The summed E-state index contributed by atoms with van der Waals surface area (Å²) in [6.45, 7) is 0. The summed E-state index contributed by atoms with van der Waals surface area (Å²) in [4.78, 5) is 12.0. The lowest BCUT2D eigenvalue weighted by Crippen LogP contribution is -2.69. The highest BCUT2D eigenvalue weighted by Crippen LogP contribution is 2.75. The minimum absolute atomic E-state index is 0.260. The van der Waals surface area contributed by atoms with Crippen LogP contribution in [0.2, 0.25) is 0 Å². The van der Waals surface area contributed by atoms with Crippen LogP contribution in [0.15, 0.2) is 0 Å². The van der Waals surface area contributed by atoms with Gasteiger partial charge >= 0.3 is 5.97 Å². The molecule has 0 heterocycles. The lowest BCUT2D eigenvalue weighted by atomic mass is 9.31. The van der Waals surface area contributed by atoms with E-state index in [4.69, 9.17) is 0 Å². The van der Waals surface area contributed by atoms with Crippen LogP contribution in [0.1, 0.15) is 38.5 Å². The van der Waals surface area contributed by atoms with Crippen molar-refractivity contribution in [3.8, 4) is 0 Å². The smallest absolute Gasteiger partial charge is 0.310 e. The molecule has 7 fully saturated rings. The van der Waals surface area contributed by atoms with Gasteiger partial charge in [-0.25, -0.2) is 0 Å². The third-order valence-corrected chi connectivity index (χ3v) is 7.47. The van der Waals surface area contributed by atoms with Crippen molar-refractivity contribution >= 4 is 5.97 Å². The molecule has 7 aliphatic rings. The van der Waals surface area contributed by atoms with Gasteiger partial charge in [-0.05, 0) is 80.0 Å². The van der Waals surface area contributed by atoms with E-state index in [1.807, 2.05) is 0 Å². The Bertz CT molecular complexity index is 391. The Morgan fingerprint density at radius 3 is 2.06 bits per heavy atom. The van der Waals surface area contributed by atoms with E-state index < -0.39 is 5.97 Å². The SMILES string of the molecule is O=C(O)C12CC3CC4C5CC(CC41)CC2C5C3. The number of hydrogen-bond donors (Lipinski definition) is 1. The molecule has 0 radical (unpaired) electrons. The number of carboxylic acids is 1. The van der Waals surface area contributed by atoms with E-state index in [9.17, 15) is 9.90 Å². The zero-order chi connectivity index (χ0) is 11.4. The molecular formula is C15H20O2. The van der Waals surface area contributed by atoms with E-state index in [2.05, 4.69) is 0 Å². The Morgan fingerprint density at radius 1 is 0.882 bits per heavy atom. The minimum atomic E-state index is -0.425. The summed E-state index contributed by atoms with van der Waals surface area (Å²) < 4.78 is 0. The molecule has 1 N–H and O–H groups in total. The third kappa shape index (κ3) is 0.821. The molecule has 2 heteroatoms. The monoisotopic (exact) mass is 232 g/mol. The summed E-state index contributed by atoms with van der Waals surface area (Å²) in [5.74, 6) is 4.90. The zero-order valence-electron chi connectivity index (χ0n) is 10.1. The fraction of sp³-hybridized carbons (Fsp3) is 0.933. The zero-order valence-corrected chi connectivity index (χ0v) is 10.1. The Balaban J connectivity index is 1.73. The molecule has 2 nitrogen and oxygen atoms in total. The Hall–Kier alpha value is -0.530. The predicted octanol–water partition coefficient (Wildman–Crippen LogP) is 2.78. The molecular weight excluding hydrogens is 212 g/mol. The number of aliphatic carboxylic acids is 1. The van der Waals surface area contributed by atoms with E-state index >= 15 is 0 Å². The molecule has 0 aliphatic heterocycles. The molecule has 0 spiro atoms. The van der Waals surface area contributed by atoms with Gasteiger partial charge < -0.3 is 5.11 Å². The molecule has 0 aromatic heterocycles. The molecule has 92 valence electrons. The van der Waals surface area contributed by atoms with Gasteiger partial charge in [-0.2, -0.15) is 0 Å². The van der Waals surface area contributed by atoms with E-state index in [1.165, 1.54) is 32.1 Å². The van der Waals surface area contributed by atoms with Gasteiger partial charge in [0.15, 0.2) is 0 Å². The van der Waals surface area contributed by atoms with E-state index in [1.54, 1.807) is 0 Å². The number of carbonyl (C=O) groups is 1. The highest BCUT2D eigenvalue weighted by molar-refractivity contribution is 5.77. The van der Waals surface area contributed by atoms with E-state index in [0.29, 0.717) is 11.8 Å². The van der Waals surface area contributed by atoms with Crippen LogP contribution in [0.3, 0.4) is 0 Å². The van der Waals surface area contributed by atoms with Crippen molar-refractivity contribution in [2.75, 3.05) is 0 Å². The van der Waals surface area contributed by atoms with E-state index in [-0.39, 0.29) is 5.41 Å². The van der Waals surface area contributed by atoms with Crippen molar-refractivity contribution in [1.82, 2.24) is 0 Å². The molecule has 0 amide bonds. The molecule has 0 aromatic rings. The topological polar surface area (TPSA) is 37.3 Å². The fourth-order valence-electron chi connectivity index (χ4n) is 7.36. The second-order valence-electron chi connectivity index (χ2n) is 7.66. The van der Waals surface area contributed by atoms with Gasteiger partial charge in [0.2, 0.25) is 0 Å². The first-order chi connectivity index (χ1) is 8.20. The fourth-order valence-corrected chi connectivity index (χ4v) is 7.36. The van der Waals surface area contributed by atoms with Gasteiger partial charge in [0.1, 0.15) is 0 Å². The van der Waals surface area contributed by atoms with Gasteiger partial charge in [-0.1, -0.05) is 0 Å². The van der Waals surface area contributed by atoms with Crippen LogP contribution in [0.5, 0.6) is 0 Å². The van der Waals surface area contributed by atoms with Crippen molar-refractivity contribution in [1.29, 1.82) is 0 Å². The van der Waals surface area contributed by atoms with Gasteiger partial charge in [-0.15, -0.1) is 0 Å². The first kappa shape index (κ1) is 9.41. The van der Waals surface area contributed by atoms with Crippen LogP contribution in [-0.2, 0) is 4.79 Å². The molecule has 0 aromatic carbocycles. The van der Waals surface area contributed by atoms with Crippen molar-refractivity contribution in [2.45, 2.75) is 38.5 Å². The van der Waals surface area contributed by atoms with Crippen LogP contribution in [-0.4, -0.2) is 11.1 Å². The van der Waals surface area contributed by atoms with Crippen molar-refractivity contribution in [3.05, 3.63) is 0 Å². The van der Waals surface area contributed by atoms with Crippen LogP contribution in [0.4, 0.5) is 0 Å². The van der Waals surface area contributed by atoms with E-state index in [0.717, 1.165) is 36.0 Å². The van der Waals surface area contributed by atoms with Gasteiger partial charge in [0.05, 0.1) is 5.41 Å². The highest BCUT2D eigenvalue weighted by Gasteiger charge is 2.72. The quantitative estimate of drug-likeness (QED) is 0.754. The normalized spacial score (nSPS) is 65.5. The maximum atomic E-state index is 12.0. The lowest BCUT2D eigenvalue weighted by molar-refractivity contribution is -0.256. The maximum Gasteiger partial charge on any atom is 0.310 e. The van der Waals surface area contributed by atoms with Crippen LogP contribution in [0.25, 0.3) is 0 Å². The summed E-state index contributed by atoms with van der Waals surface area (Å²) in [5, 5.41) is 9.89. The maximum absolute atomic E-state index is 12.0. The van der Waals surface area contributed by atoms with Gasteiger partial charge in [0, 0.05) is 0 Å². The van der Waals surface area contributed by atoms with Gasteiger partial charge in [-0.3, -0.25) is 4.79 Å². The van der Waals surface area contributed by atoms with Crippen molar-refractivity contribution < 1.29 is 9.90 Å². The largest absolute Gasteiger partial charge is 0.481 e. The first-order valence-corrected chi connectivity index (χ1v) is 7.43. The van der Waals surface area contributed by atoms with Crippen molar-refractivity contribution in [2.24, 2.45) is 46.8 Å². The molecule has 17 heavy (non-hydrogen) atoms. The van der Waals surface area contributed by atoms with Crippen LogP contribution >= 0.6 is 0 Å². The average Bonchev–Trinajstić information content (AvgIpc) is 2.34. The van der Waals surface area contributed by atoms with Crippen LogP contribution in [0, 0.1) is 46.8 Å². The lowest BCUT2D eigenvalue weighted by Gasteiger charge is -2.73. The summed E-state index contributed by atoms with van der Waals surface area (Å²) >= 11 is 0. The Morgan fingerprint density at radius 2 is 1.47 bits per heavy atom. The summed E-state index contributed by atoms with van der Waals surface area (Å²) in [6, 6.07) is 0. The molecule has 7 aliphatic carbocycles. The minimum Gasteiger partial charge on any atom is -0.481 e. The standard InChI is InChI=1S/C15H20O2/c16-14(17)15-6-8-2-10-9-1-7(4-12(10)15)5-13(15)11(9)3-8/h7-13H,1-6H2,(H,16,17). The molecule has 7 saturated carbocycles. The number of hydrogen-bond acceptors (Lipinski definition) is 1.